The molecule has 0 saturated carbocycles. The highest BCUT2D eigenvalue weighted by Crippen LogP contribution is 2.31. The number of nitrogens with one attached hydrogen (secondary N) is 1. The predicted molar refractivity (Wildman–Crippen MR) is 131 cm³/mol. The molecule has 1 fully saturated rings. The molecule has 5 rings (SSSR count). The number of carbonyl (C=O) groups excluding carboxylic acids is 2. The molecule has 0 bridgehead atoms. The highest BCUT2D eigenvalue weighted by atomic mass is 16.2. The van der Waals surface area contributed by atoms with Gasteiger partial charge in [-0.25, -0.2) is 4.98 Å². The van der Waals surface area contributed by atoms with Crippen LogP contribution in [0.5, 0.6) is 0 Å². The maximum atomic E-state index is 13.1. The van der Waals surface area contributed by atoms with Crippen molar-refractivity contribution in [2.75, 3.05) is 36.4 Å². The molecule has 0 aliphatic carbocycles. The molecule has 1 aromatic carbocycles. The Morgan fingerprint density at radius 2 is 1.91 bits per heavy atom. The van der Waals surface area contributed by atoms with Gasteiger partial charge in [-0.15, -0.1) is 0 Å². The molecule has 0 spiro atoms. The molecule has 3 aromatic rings. The smallest absolute Gasteiger partial charge is 0.273 e. The molecule has 0 radical (unpaired) electrons. The van der Waals surface area contributed by atoms with Crippen LogP contribution < -0.4 is 10.2 Å². The summed E-state index contributed by atoms with van der Waals surface area (Å²) >= 11 is 0. The molecule has 9 nitrogen and oxygen atoms in total. The monoisotopic (exact) mass is 459 g/mol. The Morgan fingerprint density at radius 1 is 1.12 bits per heavy atom. The van der Waals surface area contributed by atoms with E-state index in [4.69, 9.17) is 4.98 Å². The van der Waals surface area contributed by atoms with E-state index in [0.717, 1.165) is 22.0 Å². The maximum Gasteiger partial charge on any atom is 0.273 e. The Labute approximate surface area is 198 Å². The largest absolute Gasteiger partial charge is 0.366 e. The van der Waals surface area contributed by atoms with E-state index >= 15 is 0 Å². The van der Waals surface area contributed by atoms with Crippen molar-refractivity contribution in [1.29, 1.82) is 0 Å². The first-order valence-corrected chi connectivity index (χ1v) is 11.7. The summed E-state index contributed by atoms with van der Waals surface area (Å²) in [5, 5.41) is 4.55. The number of piperazine rings is 1. The third-order valence-corrected chi connectivity index (χ3v) is 6.55. The van der Waals surface area contributed by atoms with Gasteiger partial charge < -0.3 is 20.0 Å². The number of nitrogens with zero attached hydrogens (tertiary/aromatic N) is 6. The fourth-order valence-electron chi connectivity index (χ4n) is 4.52. The second-order valence-electron chi connectivity index (χ2n) is 9.10. The first-order chi connectivity index (χ1) is 16.4. The van der Waals surface area contributed by atoms with Gasteiger partial charge in [0.1, 0.15) is 11.5 Å². The summed E-state index contributed by atoms with van der Waals surface area (Å²) in [6, 6.07) is 10.2. The SMILES string of the molecule is CC(=O)N1CCN(c2nc(NCc3ccc4ncccc4c3)c3c(n2)C(=O)N(C(C)C)C3)CC1. The molecule has 2 aliphatic heterocycles. The van der Waals surface area contributed by atoms with Gasteiger partial charge in [-0.1, -0.05) is 12.1 Å². The zero-order chi connectivity index (χ0) is 23.8. The van der Waals surface area contributed by atoms with Gasteiger partial charge in [0.05, 0.1) is 12.1 Å². The summed E-state index contributed by atoms with van der Waals surface area (Å²) in [7, 11) is 0. The molecular weight excluding hydrogens is 430 g/mol. The van der Waals surface area contributed by atoms with E-state index in [-0.39, 0.29) is 17.9 Å². The molecular formula is C25H29N7O2. The van der Waals surface area contributed by atoms with Crippen LogP contribution in [-0.4, -0.2) is 68.8 Å². The molecule has 9 heteroatoms. The number of benzene rings is 1. The predicted octanol–water partition coefficient (Wildman–Crippen LogP) is 2.67. The van der Waals surface area contributed by atoms with Crippen molar-refractivity contribution in [1.82, 2.24) is 24.8 Å². The quantitative estimate of drug-likeness (QED) is 0.627. The molecule has 34 heavy (non-hydrogen) atoms. The Balaban J connectivity index is 1.43. The van der Waals surface area contributed by atoms with Gasteiger partial charge in [0.2, 0.25) is 11.9 Å². The van der Waals surface area contributed by atoms with Crippen LogP contribution in [0.4, 0.5) is 11.8 Å². The average molecular weight is 460 g/mol. The minimum absolute atomic E-state index is 0.0594. The number of amides is 2. The summed E-state index contributed by atoms with van der Waals surface area (Å²) in [6.07, 6.45) is 1.79. The fourth-order valence-corrected chi connectivity index (χ4v) is 4.52. The van der Waals surface area contributed by atoms with Crippen molar-refractivity contribution in [2.24, 2.45) is 0 Å². The summed E-state index contributed by atoms with van der Waals surface area (Å²) in [5.74, 6) is 1.24. The number of hydrogen-bond donors (Lipinski definition) is 1. The van der Waals surface area contributed by atoms with Crippen molar-refractivity contribution in [3.8, 4) is 0 Å². The highest BCUT2D eigenvalue weighted by molar-refractivity contribution is 5.98. The maximum absolute atomic E-state index is 13.1. The summed E-state index contributed by atoms with van der Waals surface area (Å²) < 4.78 is 0. The van der Waals surface area contributed by atoms with Crippen LogP contribution in [0.15, 0.2) is 36.5 Å². The van der Waals surface area contributed by atoms with Crippen molar-refractivity contribution < 1.29 is 9.59 Å². The number of hydrogen-bond acceptors (Lipinski definition) is 7. The first kappa shape index (κ1) is 22.1. The Hall–Kier alpha value is -3.75. The third-order valence-electron chi connectivity index (χ3n) is 6.55. The molecule has 2 aliphatic rings. The Morgan fingerprint density at radius 3 is 2.65 bits per heavy atom. The van der Waals surface area contributed by atoms with Crippen LogP contribution in [0, 0.1) is 0 Å². The number of anilines is 2. The minimum atomic E-state index is -0.0594. The van der Waals surface area contributed by atoms with Crippen molar-refractivity contribution >= 4 is 34.5 Å². The van der Waals surface area contributed by atoms with E-state index in [1.165, 1.54) is 0 Å². The van der Waals surface area contributed by atoms with E-state index in [1.54, 1.807) is 13.1 Å². The van der Waals surface area contributed by atoms with E-state index in [2.05, 4.69) is 32.3 Å². The lowest BCUT2D eigenvalue weighted by Gasteiger charge is -2.34. The van der Waals surface area contributed by atoms with Crippen LogP contribution in [0.25, 0.3) is 10.9 Å². The van der Waals surface area contributed by atoms with Crippen LogP contribution in [-0.2, 0) is 17.9 Å². The molecule has 2 amide bonds. The molecule has 4 heterocycles. The molecule has 176 valence electrons. The van der Waals surface area contributed by atoms with Crippen LogP contribution >= 0.6 is 0 Å². The number of carbonyl (C=O) groups is 2. The summed E-state index contributed by atoms with van der Waals surface area (Å²) in [6.45, 7) is 9.19. The third kappa shape index (κ3) is 4.13. The van der Waals surface area contributed by atoms with Gasteiger partial charge in [-0.05, 0) is 37.6 Å². The van der Waals surface area contributed by atoms with Crippen LogP contribution in [0.2, 0.25) is 0 Å². The Bertz CT molecular complexity index is 1250. The molecule has 0 unspecified atom stereocenters. The van der Waals surface area contributed by atoms with Gasteiger partial charge in [-0.3, -0.25) is 14.6 Å². The lowest BCUT2D eigenvalue weighted by molar-refractivity contribution is -0.129. The Kier molecular flexibility index (Phi) is 5.77. The second kappa shape index (κ2) is 8.89. The summed E-state index contributed by atoms with van der Waals surface area (Å²) in [4.78, 5) is 44.5. The van der Waals surface area contributed by atoms with E-state index in [1.807, 2.05) is 41.8 Å². The number of fused-ring (bicyclic) bond motifs is 2. The molecule has 0 atom stereocenters. The van der Waals surface area contributed by atoms with Crippen molar-refractivity contribution in [3.05, 3.63) is 53.3 Å². The van der Waals surface area contributed by atoms with Crippen LogP contribution in [0.1, 0.15) is 42.4 Å². The lowest BCUT2D eigenvalue weighted by atomic mass is 10.1. The van der Waals surface area contributed by atoms with Gasteiger partial charge >= 0.3 is 0 Å². The van der Waals surface area contributed by atoms with E-state index in [9.17, 15) is 9.59 Å². The zero-order valence-electron chi connectivity index (χ0n) is 19.8. The average Bonchev–Trinajstić information content (AvgIpc) is 3.19. The second-order valence-corrected chi connectivity index (χ2v) is 9.10. The topological polar surface area (TPSA) is 94.6 Å². The van der Waals surface area contributed by atoms with Gasteiger partial charge in [0.25, 0.3) is 5.91 Å². The van der Waals surface area contributed by atoms with E-state index in [0.29, 0.717) is 56.7 Å². The number of rotatable bonds is 5. The minimum Gasteiger partial charge on any atom is -0.366 e. The number of pyridine rings is 1. The van der Waals surface area contributed by atoms with Gasteiger partial charge in [-0.2, -0.15) is 4.98 Å². The first-order valence-electron chi connectivity index (χ1n) is 11.7. The van der Waals surface area contributed by atoms with Crippen molar-refractivity contribution in [3.63, 3.8) is 0 Å². The van der Waals surface area contributed by atoms with Crippen LogP contribution in [0.3, 0.4) is 0 Å². The van der Waals surface area contributed by atoms with Gasteiger partial charge in [0.15, 0.2) is 0 Å². The fraction of sp³-hybridized carbons (Fsp3) is 0.400. The molecule has 1 N–H and O–H groups in total. The van der Waals surface area contributed by atoms with Gasteiger partial charge in [0, 0.05) is 62.8 Å². The zero-order valence-corrected chi connectivity index (χ0v) is 19.8. The van der Waals surface area contributed by atoms with Crippen molar-refractivity contribution in [2.45, 2.75) is 39.9 Å². The summed E-state index contributed by atoms with van der Waals surface area (Å²) in [5.41, 5.74) is 3.37. The normalized spacial score (nSPS) is 15.9. The molecule has 1 saturated heterocycles. The standard InChI is InChI=1S/C25H29N7O2/c1-16(2)32-15-20-22(24(32)34)28-25(31-11-9-30(10-12-31)17(3)33)29-23(20)27-14-18-6-7-21-19(13-18)5-4-8-26-21/h4-8,13,16H,9-12,14-15H2,1-3H3,(H,27,28,29). The molecule has 2 aromatic heterocycles. The lowest BCUT2D eigenvalue weighted by Crippen LogP contribution is -2.48. The highest BCUT2D eigenvalue weighted by Gasteiger charge is 2.35. The van der Waals surface area contributed by atoms with E-state index < -0.39 is 0 Å². The number of aromatic nitrogens is 3.